The molecule has 1 nitrogen and oxygen atoms in total. The molecule has 2 unspecified atom stereocenters. The van der Waals surface area contributed by atoms with Gasteiger partial charge in [-0.25, -0.2) is 0 Å². The molecule has 1 saturated carbocycles. The van der Waals surface area contributed by atoms with Crippen LogP contribution in [-0.4, -0.2) is 18.0 Å². The minimum absolute atomic E-state index is 0.771. The van der Waals surface area contributed by atoms with E-state index in [0.717, 1.165) is 23.0 Å². The molecule has 0 heterocycles. The lowest BCUT2D eigenvalue weighted by Gasteiger charge is -2.36. The van der Waals surface area contributed by atoms with E-state index in [2.05, 4.69) is 59.1 Å². The highest BCUT2D eigenvalue weighted by Gasteiger charge is 2.24. The fourth-order valence-corrected chi connectivity index (χ4v) is 3.21. The van der Waals surface area contributed by atoms with E-state index in [0.29, 0.717) is 0 Å². The lowest BCUT2D eigenvalue weighted by atomic mass is 9.85. The molecule has 0 spiro atoms. The Hall–Kier alpha value is -0.340. The van der Waals surface area contributed by atoms with Gasteiger partial charge in [-0.15, -0.1) is 0 Å². The van der Waals surface area contributed by atoms with Gasteiger partial charge in [0.05, 0.1) is 0 Å². The number of nitrogens with zero attached hydrogens (tertiary/aromatic N) is 1. The normalized spacial score (nSPS) is 25.2. The van der Waals surface area contributed by atoms with Crippen molar-refractivity contribution >= 4 is 15.9 Å². The Bertz CT molecular complexity index is 346. The summed E-state index contributed by atoms with van der Waals surface area (Å²) in [6, 6.07) is 9.47. The van der Waals surface area contributed by atoms with Gasteiger partial charge in [-0.3, -0.25) is 4.90 Å². The second-order valence-electron chi connectivity index (χ2n) is 5.37. The van der Waals surface area contributed by atoms with Gasteiger partial charge in [-0.2, -0.15) is 0 Å². The summed E-state index contributed by atoms with van der Waals surface area (Å²) in [5.74, 6) is 0.851. The molecule has 1 aliphatic rings. The molecule has 1 aromatic carbocycles. The Morgan fingerprint density at radius 3 is 2.47 bits per heavy atom. The summed E-state index contributed by atoms with van der Waals surface area (Å²) in [6.45, 7) is 3.48. The SMILES string of the molecule is CC1CCCCC1N(C)Cc1ccc(Br)cc1. The van der Waals surface area contributed by atoms with Gasteiger partial charge >= 0.3 is 0 Å². The maximum Gasteiger partial charge on any atom is 0.0233 e. The van der Waals surface area contributed by atoms with Gasteiger partial charge in [0, 0.05) is 17.1 Å². The molecule has 0 N–H and O–H groups in total. The summed E-state index contributed by atoms with van der Waals surface area (Å²) in [4.78, 5) is 2.53. The van der Waals surface area contributed by atoms with Gasteiger partial charge in [0.15, 0.2) is 0 Å². The summed E-state index contributed by atoms with van der Waals surface area (Å²) < 4.78 is 1.16. The predicted molar refractivity (Wildman–Crippen MR) is 77.0 cm³/mol. The first kappa shape index (κ1) is 13.1. The fraction of sp³-hybridized carbons (Fsp3) is 0.600. The first-order valence-corrected chi connectivity index (χ1v) is 7.41. The van der Waals surface area contributed by atoms with E-state index < -0.39 is 0 Å². The summed E-state index contributed by atoms with van der Waals surface area (Å²) in [7, 11) is 2.27. The summed E-state index contributed by atoms with van der Waals surface area (Å²) in [6.07, 6.45) is 5.59. The van der Waals surface area contributed by atoms with Crippen molar-refractivity contribution in [2.45, 2.75) is 45.2 Å². The Labute approximate surface area is 113 Å². The molecule has 2 rings (SSSR count). The second kappa shape index (κ2) is 6.01. The highest BCUT2D eigenvalue weighted by Crippen LogP contribution is 2.28. The van der Waals surface area contributed by atoms with Gasteiger partial charge in [0.2, 0.25) is 0 Å². The Balaban J connectivity index is 1.95. The third-order valence-electron chi connectivity index (χ3n) is 3.98. The average molecular weight is 296 g/mol. The van der Waals surface area contributed by atoms with Crippen molar-refractivity contribution in [3.8, 4) is 0 Å². The van der Waals surface area contributed by atoms with Crippen molar-refractivity contribution in [1.29, 1.82) is 0 Å². The molecule has 1 fully saturated rings. The van der Waals surface area contributed by atoms with Crippen LogP contribution in [0, 0.1) is 5.92 Å². The Morgan fingerprint density at radius 2 is 1.82 bits per heavy atom. The zero-order chi connectivity index (χ0) is 12.3. The fourth-order valence-electron chi connectivity index (χ4n) is 2.95. The van der Waals surface area contributed by atoms with Crippen LogP contribution in [0.2, 0.25) is 0 Å². The molecule has 1 aromatic rings. The topological polar surface area (TPSA) is 3.24 Å². The number of benzene rings is 1. The minimum atomic E-state index is 0.771. The molecule has 0 aliphatic heterocycles. The lowest BCUT2D eigenvalue weighted by Crippen LogP contribution is -2.38. The van der Waals surface area contributed by atoms with Gasteiger partial charge in [0.1, 0.15) is 0 Å². The highest BCUT2D eigenvalue weighted by molar-refractivity contribution is 9.10. The third-order valence-corrected chi connectivity index (χ3v) is 4.51. The summed E-state index contributed by atoms with van der Waals surface area (Å²) in [5, 5.41) is 0. The van der Waals surface area contributed by atoms with Crippen LogP contribution < -0.4 is 0 Å². The van der Waals surface area contributed by atoms with E-state index >= 15 is 0 Å². The molecule has 0 aromatic heterocycles. The molecule has 0 saturated heterocycles. The van der Waals surface area contributed by atoms with Crippen LogP contribution in [0.15, 0.2) is 28.7 Å². The molecule has 2 atom stereocenters. The molecule has 2 heteroatoms. The molecule has 0 radical (unpaired) electrons. The second-order valence-corrected chi connectivity index (χ2v) is 6.29. The standard InChI is InChI=1S/C15H22BrN/c1-12-5-3-4-6-15(12)17(2)11-13-7-9-14(16)10-8-13/h7-10,12,15H,3-6,11H2,1-2H3. The maximum atomic E-state index is 3.48. The van der Waals surface area contributed by atoms with Crippen LogP contribution in [0.4, 0.5) is 0 Å². The van der Waals surface area contributed by atoms with Gasteiger partial charge < -0.3 is 0 Å². The molecule has 0 amide bonds. The third kappa shape index (κ3) is 3.56. The van der Waals surface area contributed by atoms with E-state index in [1.807, 2.05) is 0 Å². The van der Waals surface area contributed by atoms with Crippen LogP contribution in [-0.2, 0) is 6.54 Å². The van der Waals surface area contributed by atoms with Crippen molar-refractivity contribution in [2.24, 2.45) is 5.92 Å². The van der Waals surface area contributed by atoms with E-state index in [1.54, 1.807) is 0 Å². The van der Waals surface area contributed by atoms with Crippen LogP contribution in [0.25, 0.3) is 0 Å². The molecular weight excluding hydrogens is 274 g/mol. The van der Waals surface area contributed by atoms with Crippen molar-refractivity contribution < 1.29 is 0 Å². The monoisotopic (exact) mass is 295 g/mol. The van der Waals surface area contributed by atoms with Gasteiger partial charge in [0.25, 0.3) is 0 Å². The van der Waals surface area contributed by atoms with Crippen LogP contribution in [0.5, 0.6) is 0 Å². The molecule has 17 heavy (non-hydrogen) atoms. The molecule has 94 valence electrons. The molecular formula is C15H22BrN. The number of hydrogen-bond donors (Lipinski definition) is 0. The lowest BCUT2D eigenvalue weighted by molar-refractivity contribution is 0.133. The zero-order valence-corrected chi connectivity index (χ0v) is 12.4. The quantitative estimate of drug-likeness (QED) is 0.796. The van der Waals surface area contributed by atoms with Crippen molar-refractivity contribution in [2.75, 3.05) is 7.05 Å². The Morgan fingerprint density at radius 1 is 1.18 bits per heavy atom. The first-order valence-electron chi connectivity index (χ1n) is 6.61. The predicted octanol–water partition coefficient (Wildman–Crippen LogP) is 4.46. The first-order chi connectivity index (χ1) is 8.16. The molecule has 1 aliphatic carbocycles. The van der Waals surface area contributed by atoms with Gasteiger partial charge in [-0.05, 0) is 43.5 Å². The largest absolute Gasteiger partial charge is 0.299 e. The van der Waals surface area contributed by atoms with Crippen LogP contribution in [0.3, 0.4) is 0 Å². The summed E-state index contributed by atoms with van der Waals surface area (Å²) >= 11 is 3.48. The van der Waals surface area contributed by atoms with E-state index in [1.165, 1.54) is 31.2 Å². The van der Waals surface area contributed by atoms with E-state index in [4.69, 9.17) is 0 Å². The van der Waals surface area contributed by atoms with Crippen LogP contribution in [0.1, 0.15) is 38.2 Å². The van der Waals surface area contributed by atoms with Crippen molar-refractivity contribution in [3.63, 3.8) is 0 Å². The van der Waals surface area contributed by atoms with Crippen molar-refractivity contribution in [1.82, 2.24) is 4.90 Å². The smallest absolute Gasteiger partial charge is 0.0233 e. The Kier molecular flexibility index (Phi) is 4.63. The minimum Gasteiger partial charge on any atom is -0.299 e. The number of hydrogen-bond acceptors (Lipinski definition) is 1. The van der Waals surface area contributed by atoms with E-state index in [-0.39, 0.29) is 0 Å². The summed E-state index contributed by atoms with van der Waals surface area (Å²) in [5.41, 5.74) is 1.41. The zero-order valence-electron chi connectivity index (χ0n) is 10.8. The maximum absolute atomic E-state index is 3.48. The molecule has 0 bridgehead atoms. The highest BCUT2D eigenvalue weighted by atomic mass is 79.9. The average Bonchev–Trinajstić information content (AvgIpc) is 2.32. The number of rotatable bonds is 3. The number of halogens is 1. The van der Waals surface area contributed by atoms with Crippen LogP contribution >= 0.6 is 15.9 Å². The van der Waals surface area contributed by atoms with Gasteiger partial charge in [-0.1, -0.05) is 47.8 Å². The van der Waals surface area contributed by atoms with Crippen molar-refractivity contribution in [3.05, 3.63) is 34.3 Å². The van der Waals surface area contributed by atoms with E-state index in [9.17, 15) is 0 Å².